The van der Waals surface area contributed by atoms with E-state index in [0.717, 1.165) is 12.1 Å². The summed E-state index contributed by atoms with van der Waals surface area (Å²) < 4.78 is 45.6. The Bertz CT molecular complexity index is 1810. The fraction of sp³-hybridized carbons (Fsp3) is 0.300. The first-order valence-corrected chi connectivity index (χ1v) is 14.7. The van der Waals surface area contributed by atoms with Crippen molar-refractivity contribution in [2.45, 2.75) is 37.6 Å². The number of thioether (sulfide) groups is 1. The molecule has 1 fully saturated rings. The molecular formula is C30H29F3N6O3S. The smallest absolute Gasteiger partial charge is 0.355 e. The number of carbonyl (C=O) groups excluding carboxylic acids is 1. The Kier molecular flexibility index (Phi) is 8.19. The van der Waals surface area contributed by atoms with Crippen molar-refractivity contribution in [2.75, 3.05) is 30.8 Å². The third kappa shape index (κ3) is 5.33. The number of phenolic OH excluding ortho intramolecular Hbond substituents is 1. The number of piperazine rings is 1. The van der Waals surface area contributed by atoms with Gasteiger partial charge in [-0.15, -0.1) is 11.8 Å². The average Bonchev–Trinajstić information content (AvgIpc) is 2.96. The Balaban J connectivity index is 1.83. The van der Waals surface area contributed by atoms with Crippen LogP contribution >= 0.6 is 11.8 Å². The predicted octanol–water partition coefficient (Wildman–Crippen LogP) is 5.19. The van der Waals surface area contributed by atoms with E-state index in [4.69, 9.17) is 0 Å². The number of fused-ring (bicyclic) bond motifs is 1. The highest BCUT2D eigenvalue weighted by Gasteiger charge is 2.32. The summed E-state index contributed by atoms with van der Waals surface area (Å²) in [6.07, 6.45) is 3.46. The number of carbonyl (C=O) groups is 1. The fourth-order valence-corrected chi connectivity index (χ4v) is 5.93. The quantitative estimate of drug-likeness (QED) is 0.235. The topological polar surface area (TPSA) is 104 Å². The summed E-state index contributed by atoms with van der Waals surface area (Å²) in [4.78, 5) is 43.3. The fourth-order valence-electron chi connectivity index (χ4n) is 5.34. The van der Waals surface area contributed by atoms with Crippen LogP contribution in [0.1, 0.15) is 32.4 Å². The molecule has 1 aliphatic heterocycles. The van der Waals surface area contributed by atoms with Crippen LogP contribution in [0.15, 0.2) is 58.6 Å². The van der Waals surface area contributed by atoms with E-state index in [9.17, 15) is 23.5 Å². The van der Waals surface area contributed by atoms with E-state index in [2.05, 4.69) is 21.5 Å². The highest BCUT2D eigenvalue weighted by Crippen LogP contribution is 2.37. The summed E-state index contributed by atoms with van der Waals surface area (Å²) >= 11 is 1.37. The van der Waals surface area contributed by atoms with Crippen LogP contribution in [0.25, 0.3) is 28.0 Å². The number of amides is 1. The van der Waals surface area contributed by atoms with Crippen LogP contribution in [0.2, 0.25) is 0 Å². The molecule has 1 saturated heterocycles. The largest absolute Gasteiger partial charge is 0.507 e. The molecule has 0 bridgehead atoms. The molecule has 1 aromatic carbocycles. The van der Waals surface area contributed by atoms with Crippen molar-refractivity contribution < 1.29 is 23.1 Å². The normalized spacial score (nSPS) is 15.4. The molecule has 1 amide bonds. The lowest BCUT2D eigenvalue weighted by atomic mass is 10.1. The van der Waals surface area contributed by atoms with Crippen LogP contribution in [0.5, 0.6) is 5.75 Å². The van der Waals surface area contributed by atoms with E-state index in [1.807, 2.05) is 20.1 Å². The second-order valence-electron chi connectivity index (χ2n) is 10.5. The van der Waals surface area contributed by atoms with Gasteiger partial charge in [-0.25, -0.2) is 27.5 Å². The van der Waals surface area contributed by atoms with Crippen molar-refractivity contribution in [1.29, 1.82) is 0 Å². The molecule has 3 aromatic heterocycles. The zero-order chi connectivity index (χ0) is 31.2. The highest BCUT2D eigenvalue weighted by molar-refractivity contribution is 7.98. The lowest BCUT2D eigenvalue weighted by molar-refractivity contribution is -0.129. The molecule has 5 rings (SSSR count). The van der Waals surface area contributed by atoms with Gasteiger partial charge in [-0.1, -0.05) is 26.5 Å². The van der Waals surface area contributed by atoms with E-state index < -0.39 is 52.1 Å². The molecular weight excluding hydrogens is 581 g/mol. The minimum absolute atomic E-state index is 0.0258. The summed E-state index contributed by atoms with van der Waals surface area (Å²) in [7, 11) is 0. The van der Waals surface area contributed by atoms with Crippen molar-refractivity contribution in [3.63, 3.8) is 0 Å². The number of hydrogen-bond donors (Lipinski definition) is 1. The second kappa shape index (κ2) is 11.7. The number of phenols is 1. The summed E-state index contributed by atoms with van der Waals surface area (Å²) in [6, 6.07) is 5.97. The third-order valence-electron chi connectivity index (χ3n) is 7.35. The van der Waals surface area contributed by atoms with E-state index in [1.165, 1.54) is 33.4 Å². The van der Waals surface area contributed by atoms with Gasteiger partial charge >= 0.3 is 5.69 Å². The molecule has 0 spiro atoms. The van der Waals surface area contributed by atoms with E-state index in [0.29, 0.717) is 16.3 Å². The minimum Gasteiger partial charge on any atom is -0.507 e. The number of nitrogens with zero attached hydrogens (tertiary/aromatic N) is 6. The number of rotatable bonds is 6. The van der Waals surface area contributed by atoms with Crippen LogP contribution in [-0.4, -0.2) is 67.4 Å². The second-order valence-corrected chi connectivity index (χ2v) is 11.3. The maximum absolute atomic E-state index is 15.9. The molecule has 1 N–H and O–H groups in total. The van der Waals surface area contributed by atoms with Crippen LogP contribution in [0.3, 0.4) is 0 Å². The number of aromatic nitrogens is 4. The Morgan fingerprint density at radius 2 is 1.91 bits per heavy atom. The van der Waals surface area contributed by atoms with Crippen molar-refractivity contribution in [3.8, 4) is 22.7 Å². The number of benzene rings is 1. The molecule has 43 heavy (non-hydrogen) atoms. The molecule has 0 radical (unpaired) electrons. The molecule has 0 unspecified atom stereocenters. The van der Waals surface area contributed by atoms with Crippen molar-refractivity contribution >= 4 is 34.5 Å². The maximum atomic E-state index is 15.9. The summed E-state index contributed by atoms with van der Waals surface area (Å²) in [5, 5.41) is 10.6. The lowest BCUT2D eigenvalue weighted by Crippen LogP contribution is -2.54. The SMILES string of the molecule is C=C(F)C(=O)N1CCN(c2nc(=O)n(-c3c(SC)ccnc3C(C)C)c3nc(-c4c(O)cccc4F)c(F)cc23)[C@@H](C)C1. The zero-order valence-electron chi connectivity index (χ0n) is 23.9. The van der Waals surface area contributed by atoms with Gasteiger partial charge in [0.05, 0.1) is 22.3 Å². The van der Waals surface area contributed by atoms with Gasteiger partial charge < -0.3 is 14.9 Å². The molecule has 13 heteroatoms. The van der Waals surface area contributed by atoms with Gasteiger partial charge in [0.2, 0.25) is 0 Å². The number of anilines is 1. The Labute approximate surface area is 249 Å². The molecule has 0 saturated carbocycles. The molecule has 0 aliphatic carbocycles. The summed E-state index contributed by atoms with van der Waals surface area (Å²) in [5.41, 5.74) is -0.726. The van der Waals surface area contributed by atoms with Gasteiger partial charge in [-0.2, -0.15) is 4.98 Å². The highest BCUT2D eigenvalue weighted by atomic mass is 32.2. The number of aromatic hydroxyl groups is 1. The van der Waals surface area contributed by atoms with Crippen molar-refractivity contribution in [3.05, 3.63) is 76.7 Å². The van der Waals surface area contributed by atoms with E-state index in [-0.39, 0.29) is 42.4 Å². The first kappa shape index (κ1) is 30.1. The predicted molar refractivity (Wildman–Crippen MR) is 159 cm³/mol. The van der Waals surface area contributed by atoms with E-state index >= 15 is 4.39 Å². The van der Waals surface area contributed by atoms with Gasteiger partial charge in [0.1, 0.15) is 23.1 Å². The molecule has 4 heterocycles. The van der Waals surface area contributed by atoms with Crippen LogP contribution < -0.4 is 10.6 Å². The Morgan fingerprint density at radius 1 is 1.16 bits per heavy atom. The van der Waals surface area contributed by atoms with Gasteiger partial charge in [0.25, 0.3) is 5.91 Å². The maximum Gasteiger partial charge on any atom is 0.355 e. The number of pyridine rings is 2. The minimum atomic E-state index is -1.08. The van der Waals surface area contributed by atoms with Gasteiger partial charge in [0, 0.05) is 36.8 Å². The molecule has 4 aromatic rings. The average molecular weight is 611 g/mol. The molecule has 1 aliphatic rings. The first-order chi connectivity index (χ1) is 20.4. The van der Waals surface area contributed by atoms with Gasteiger partial charge in [-0.3, -0.25) is 9.78 Å². The Hall–Kier alpha value is -4.39. The third-order valence-corrected chi connectivity index (χ3v) is 8.12. The zero-order valence-corrected chi connectivity index (χ0v) is 24.8. The van der Waals surface area contributed by atoms with Crippen LogP contribution in [-0.2, 0) is 4.79 Å². The molecule has 224 valence electrons. The lowest BCUT2D eigenvalue weighted by Gasteiger charge is -2.40. The van der Waals surface area contributed by atoms with Crippen molar-refractivity contribution in [2.24, 2.45) is 0 Å². The van der Waals surface area contributed by atoms with Crippen LogP contribution in [0, 0.1) is 11.6 Å². The summed E-state index contributed by atoms with van der Waals surface area (Å²) in [5.74, 6) is -4.30. The van der Waals surface area contributed by atoms with Crippen molar-refractivity contribution in [1.82, 2.24) is 24.4 Å². The number of hydrogen-bond acceptors (Lipinski definition) is 8. The Morgan fingerprint density at radius 3 is 2.53 bits per heavy atom. The van der Waals surface area contributed by atoms with Gasteiger partial charge in [0.15, 0.2) is 17.3 Å². The summed E-state index contributed by atoms with van der Waals surface area (Å²) in [6.45, 7) is 9.03. The van der Waals surface area contributed by atoms with E-state index in [1.54, 1.807) is 24.1 Å². The number of halogens is 3. The standard InChI is InChI=1S/C30H29F3N6O3S/c1-15(2)24-26(22(43-5)9-10-34-24)39-28-18(13-20(33)25(35-28)23-19(32)7-6-8-21(23)40)27(36-30(39)42)38-12-11-37(14-16(38)3)29(41)17(4)31/h6-10,13,15-16,40H,4,11-12,14H2,1-3,5H3/t16-/m0/s1. The van der Waals surface area contributed by atoms with Gasteiger partial charge in [-0.05, 0) is 43.4 Å². The van der Waals surface area contributed by atoms with Crippen LogP contribution in [0.4, 0.5) is 19.0 Å². The molecule has 1 atom stereocenters. The monoisotopic (exact) mass is 610 g/mol. The molecule has 9 nitrogen and oxygen atoms in total. The first-order valence-electron chi connectivity index (χ1n) is 13.5.